The van der Waals surface area contributed by atoms with E-state index in [1.807, 2.05) is 0 Å². The molecule has 1 fully saturated rings. The van der Waals surface area contributed by atoms with Crippen molar-refractivity contribution in [2.75, 3.05) is 46.6 Å². The summed E-state index contributed by atoms with van der Waals surface area (Å²) in [6.45, 7) is 5.87. The summed E-state index contributed by atoms with van der Waals surface area (Å²) in [5.74, 6) is 0.990. The Morgan fingerprint density at radius 1 is 1.24 bits per heavy atom. The van der Waals surface area contributed by atoms with Crippen molar-refractivity contribution in [2.24, 2.45) is 0 Å². The van der Waals surface area contributed by atoms with Gasteiger partial charge >= 0.3 is 0 Å². The van der Waals surface area contributed by atoms with Crippen molar-refractivity contribution in [3.63, 3.8) is 0 Å². The van der Waals surface area contributed by atoms with Gasteiger partial charge in [-0.3, -0.25) is 0 Å². The van der Waals surface area contributed by atoms with E-state index in [1.54, 1.807) is 18.9 Å². The first kappa shape index (κ1) is 16.7. The van der Waals surface area contributed by atoms with Gasteiger partial charge in [0.2, 0.25) is 0 Å². The molecular formula is C17H28N2OS. The predicted molar refractivity (Wildman–Crippen MR) is 91.4 cm³/mol. The van der Waals surface area contributed by atoms with E-state index in [0.717, 1.165) is 18.8 Å². The minimum atomic E-state index is 0.985. The Labute approximate surface area is 133 Å². The first-order valence-electron chi connectivity index (χ1n) is 7.84. The number of ether oxygens (including phenoxy) is 1. The SMILES string of the molecule is COc1cc(CN(C)CCN2CCCCC2)ccc1SC. The highest BCUT2D eigenvalue weighted by Crippen LogP contribution is 2.28. The Bertz CT molecular complexity index is 433. The molecule has 0 atom stereocenters. The van der Waals surface area contributed by atoms with Gasteiger partial charge < -0.3 is 14.5 Å². The summed E-state index contributed by atoms with van der Waals surface area (Å²) in [5, 5.41) is 0. The highest BCUT2D eigenvalue weighted by atomic mass is 32.2. The second kappa shape index (κ2) is 8.66. The molecule has 1 saturated heterocycles. The van der Waals surface area contributed by atoms with Crippen molar-refractivity contribution in [1.29, 1.82) is 0 Å². The Balaban J connectivity index is 1.82. The molecule has 0 amide bonds. The number of piperidine rings is 1. The highest BCUT2D eigenvalue weighted by molar-refractivity contribution is 7.98. The second-order valence-corrected chi connectivity index (χ2v) is 6.68. The molecule has 0 radical (unpaired) electrons. The van der Waals surface area contributed by atoms with Crippen LogP contribution in [-0.4, -0.2) is 56.4 Å². The molecule has 2 rings (SSSR count). The van der Waals surface area contributed by atoms with Gasteiger partial charge in [0.25, 0.3) is 0 Å². The lowest BCUT2D eigenvalue weighted by molar-refractivity contribution is 0.194. The van der Waals surface area contributed by atoms with Crippen LogP contribution in [0.25, 0.3) is 0 Å². The Hall–Kier alpha value is -0.710. The Kier molecular flexibility index (Phi) is 6.87. The summed E-state index contributed by atoms with van der Waals surface area (Å²) < 4.78 is 5.47. The molecule has 21 heavy (non-hydrogen) atoms. The molecule has 0 spiro atoms. The number of likely N-dealkylation sites (N-methyl/N-ethyl adjacent to an activating group) is 1. The zero-order chi connectivity index (χ0) is 15.1. The molecular weight excluding hydrogens is 280 g/mol. The van der Waals surface area contributed by atoms with Gasteiger partial charge in [-0.15, -0.1) is 11.8 Å². The van der Waals surface area contributed by atoms with Crippen LogP contribution in [0.2, 0.25) is 0 Å². The van der Waals surface area contributed by atoms with E-state index in [2.05, 4.69) is 41.3 Å². The maximum Gasteiger partial charge on any atom is 0.132 e. The standard InChI is InChI=1S/C17H28N2OS/c1-18(11-12-19-9-5-4-6-10-19)14-15-7-8-17(21-3)16(13-15)20-2/h7-8,13H,4-6,9-12,14H2,1-3H3. The van der Waals surface area contributed by atoms with Crippen LogP contribution in [0.3, 0.4) is 0 Å². The van der Waals surface area contributed by atoms with Gasteiger partial charge in [0.15, 0.2) is 0 Å². The van der Waals surface area contributed by atoms with Gasteiger partial charge in [0.1, 0.15) is 5.75 Å². The van der Waals surface area contributed by atoms with E-state index >= 15 is 0 Å². The van der Waals surface area contributed by atoms with E-state index in [4.69, 9.17) is 4.74 Å². The summed E-state index contributed by atoms with van der Waals surface area (Å²) in [7, 11) is 3.96. The molecule has 0 aromatic heterocycles. The summed E-state index contributed by atoms with van der Waals surface area (Å²) in [4.78, 5) is 6.21. The van der Waals surface area contributed by atoms with E-state index < -0.39 is 0 Å². The van der Waals surface area contributed by atoms with Gasteiger partial charge in [0, 0.05) is 24.5 Å². The quantitative estimate of drug-likeness (QED) is 0.718. The molecule has 0 saturated carbocycles. The number of hydrogen-bond donors (Lipinski definition) is 0. The third kappa shape index (κ3) is 5.20. The second-order valence-electron chi connectivity index (χ2n) is 5.83. The maximum atomic E-state index is 5.47. The third-order valence-corrected chi connectivity index (χ3v) is 4.92. The molecule has 0 N–H and O–H groups in total. The number of methoxy groups -OCH3 is 1. The fourth-order valence-electron chi connectivity index (χ4n) is 2.86. The smallest absolute Gasteiger partial charge is 0.132 e. The van der Waals surface area contributed by atoms with Gasteiger partial charge in [0.05, 0.1) is 7.11 Å². The van der Waals surface area contributed by atoms with Crippen LogP contribution in [0.1, 0.15) is 24.8 Å². The lowest BCUT2D eigenvalue weighted by Crippen LogP contribution is -2.36. The predicted octanol–water partition coefficient (Wildman–Crippen LogP) is 3.33. The van der Waals surface area contributed by atoms with E-state index in [-0.39, 0.29) is 0 Å². The van der Waals surface area contributed by atoms with Gasteiger partial charge in [-0.2, -0.15) is 0 Å². The van der Waals surface area contributed by atoms with Crippen molar-refractivity contribution < 1.29 is 4.74 Å². The van der Waals surface area contributed by atoms with Crippen LogP contribution < -0.4 is 4.74 Å². The minimum absolute atomic E-state index is 0.985. The lowest BCUT2D eigenvalue weighted by Gasteiger charge is -2.28. The van der Waals surface area contributed by atoms with Crippen LogP contribution in [0.15, 0.2) is 23.1 Å². The first-order valence-corrected chi connectivity index (χ1v) is 9.07. The number of thioether (sulfide) groups is 1. The summed E-state index contributed by atoms with van der Waals surface area (Å²) in [5.41, 5.74) is 1.32. The van der Waals surface area contributed by atoms with Crippen molar-refractivity contribution in [2.45, 2.75) is 30.7 Å². The first-order chi connectivity index (χ1) is 10.2. The van der Waals surface area contributed by atoms with Crippen molar-refractivity contribution in [3.05, 3.63) is 23.8 Å². The molecule has 0 unspecified atom stereocenters. The normalized spacial score (nSPS) is 16.4. The number of nitrogens with zero attached hydrogens (tertiary/aromatic N) is 2. The zero-order valence-corrected chi connectivity index (χ0v) is 14.4. The number of hydrogen-bond acceptors (Lipinski definition) is 4. The van der Waals surface area contributed by atoms with Crippen LogP contribution in [0.5, 0.6) is 5.75 Å². The number of benzene rings is 1. The zero-order valence-electron chi connectivity index (χ0n) is 13.6. The van der Waals surface area contributed by atoms with Gasteiger partial charge in [-0.1, -0.05) is 12.5 Å². The van der Waals surface area contributed by atoms with Gasteiger partial charge in [-0.05, 0) is 56.9 Å². The fraction of sp³-hybridized carbons (Fsp3) is 0.647. The van der Waals surface area contributed by atoms with Crippen LogP contribution in [0.4, 0.5) is 0 Å². The highest BCUT2D eigenvalue weighted by Gasteiger charge is 2.11. The molecule has 3 nitrogen and oxygen atoms in total. The molecule has 0 bridgehead atoms. The van der Waals surface area contributed by atoms with E-state index in [9.17, 15) is 0 Å². The Morgan fingerprint density at radius 2 is 2.00 bits per heavy atom. The largest absolute Gasteiger partial charge is 0.496 e. The molecule has 4 heteroatoms. The average Bonchev–Trinajstić information content (AvgIpc) is 2.53. The van der Waals surface area contributed by atoms with Crippen LogP contribution in [0, 0.1) is 0 Å². The third-order valence-electron chi connectivity index (χ3n) is 4.15. The summed E-state index contributed by atoms with van der Waals surface area (Å²) >= 11 is 1.73. The lowest BCUT2D eigenvalue weighted by atomic mass is 10.1. The van der Waals surface area contributed by atoms with E-state index in [1.165, 1.54) is 49.4 Å². The van der Waals surface area contributed by atoms with E-state index in [0.29, 0.717) is 0 Å². The Morgan fingerprint density at radius 3 is 2.67 bits per heavy atom. The van der Waals surface area contributed by atoms with Crippen LogP contribution in [-0.2, 0) is 6.54 Å². The van der Waals surface area contributed by atoms with Crippen molar-refractivity contribution >= 4 is 11.8 Å². The topological polar surface area (TPSA) is 15.7 Å². The monoisotopic (exact) mass is 308 g/mol. The molecule has 1 aromatic rings. The minimum Gasteiger partial charge on any atom is -0.496 e. The van der Waals surface area contributed by atoms with Gasteiger partial charge in [-0.25, -0.2) is 0 Å². The fourth-order valence-corrected chi connectivity index (χ4v) is 3.41. The molecule has 118 valence electrons. The molecule has 1 heterocycles. The number of rotatable bonds is 7. The molecule has 1 aromatic carbocycles. The van der Waals surface area contributed by atoms with Crippen molar-refractivity contribution in [3.8, 4) is 5.75 Å². The summed E-state index contributed by atoms with van der Waals surface area (Å²) in [6.07, 6.45) is 6.24. The maximum absolute atomic E-state index is 5.47. The molecule has 1 aliphatic rings. The average molecular weight is 308 g/mol. The molecule has 0 aliphatic carbocycles. The van der Waals surface area contributed by atoms with Crippen molar-refractivity contribution in [1.82, 2.24) is 9.80 Å². The molecule has 1 aliphatic heterocycles. The van der Waals surface area contributed by atoms with Crippen LogP contribution >= 0.6 is 11.8 Å². The summed E-state index contributed by atoms with van der Waals surface area (Å²) in [6, 6.07) is 6.55. The number of likely N-dealkylation sites (tertiary alicyclic amines) is 1.